The minimum atomic E-state index is -2.66. The van der Waals surface area contributed by atoms with Gasteiger partial charge in [0, 0.05) is 0 Å². The molecule has 0 aromatic heterocycles. The van der Waals surface area contributed by atoms with E-state index in [4.69, 9.17) is 13.9 Å². The van der Waals surface area contributed by atoms with Crippen molar-refractivity contribution in [2.24, 2.45) is 11.3 Å². The van der Waals surface area contributed by atoms with Crippen LogP contribution in [0.15, 0.2) is 72.3 Å². The molecule has 0 unspecified atom stereocenters. The molecule has 0 radical (unpaired) electrons. The fourth-order valence-corrected chi connectivity index (χ4v) is 10.5. The zero-order chi connectivity index (χ0) is 25.1. The van der Waals surface area contributed by atoms with Crippen LogP contribution in [0.25, 0.3) is 0 Å². The van der Waals surface area contributed by atoms with Crippen LogP contribution in [0.5, 0.6) is 0 Å². The molecular formula is C30H42O4Si. The summed E-state index contributed by atoms with van der Waals surface area (Å²) in [5, 5.41) is 13.2. The van der Waals surface area contributed by atoms with Gasteiger partial charge in [-0.1, -0.05) is 101 Å². The Balaban J connectivity index is 1.70. The molecule has 4 nitrogen and oxygen atoms in total. The number of hydrogen-bond donors (Lipinski definition) is 1. The maximum atomic E-state index is 10.7. The van der Waals surface area contributed by atoms with Crippen LogP contribution in [0, 0.1) is 11.3 Å². The van der Waals surface area contributed by atoms with Crippen molar-refractivity contribution < 1.29 is 19.0 Å². The van der Waals surface area contributed by atoms with Gasteiger partial charge in [0.15, 0.2) is 6.29 Å². The number of aliphatic hydroxyl groups excluding tert-OH is 1. The van der Waals surface area contributed by atoms with Crippen molar-refractivity contribution in [1.82, 2.24) is 0 Å². The first kappa shape index (κ1) is 26.3. The van der Waals surface area contributed by atoms with Gasteiger partial charge in [0.05, 0.1) is 25.9 Å². The molecule has 190 valence electrons. The first-order valence-corrected chi connectivity index (χ1v) is 14.9. The lowest BCUT2D eigenvalue weighted by Gasteiger charge is -2.47. The summed E-state index contributed by atoms with van der Waals surface area (Å²) in [6.45, 7) is 13.4. The van der Waals surface area contributed by atoms with Crippen LogP contribution in [0.2, 0.25) is 5.04 Å². The largest absolute Gasteiger partial charge is 0.403 e. The van der Waals surface area contributed by atoms with Crippen LogP contribution in [0.3, 0.4) is 0 Å². The van der Waals surface area contributed by atoms with Crippen molar-refractivity contribution in [2.45, 2.75) is 71.3 Å². The van der Waals surface area contributed by atoms with Crippen molar-refractivity contribution in [2.75, 3.05) is 19.8 Å². The first-order chi connectivity index (χ1) is 16.7. The maximum Gasteiger partial charge on any atom is 0.261 e. The van der Waals surface area contributed by atoms with E-state index >= 15 is 0 Å². The molecule has 1 fully saturated rings. The van der Waals surface area contributed by atoms with E-state index in [1.165, 1.54) is 15.9 Å². The van der Waals surface area contributed by atoms with Crippen LogP contribution in [0.4, 0.5) is 0 Å². The van der Waals surface area contributed by atoms with Gasteiger partial charge in [0.25, 0.3) is 8.32 Å². The monoisotopic (exact) mass is 494 g/mol. The molecule has 4 rings (SSSR count). The molecule has 2 aromatic rings. The lowest BCUT2D eigenvalue weighted by molar-refractivity contribution is -0.0562. The van der Waals surface area contributed by atoms with Gasteiger partial charge in [-0.3, -0.25) is 0 Å². The standard InChI is InChI=1S/C30H42O4Si/c1-23-20-25(31)21-24(30(23,5)17-16-28-32-18-19-33-28)22-34-35(29(2,3)4,26-12-8-6-9-13-26)27-14-10-7-11-15-27/h6-15,21,23,25,28,31H,16-20,22H2,1-5H3/t23-,25-,30-/m1/s1. The SMILES string of the molecule is C[C@@H]1C[C@@H](O)C=C(CO[Si](c2ccccc2)(c2ccccc2)C(C)(C)C)[C@]1(C)CCC1OCCO1. The third kappa shape index (κ3) is 5.35. The molecule has 1 aliphatic carbocycles. The Morgan fingerprint density at radius 2 is 1.51 bits per heavy atom. The summed E-state index contributed by atoms with van der Waals surface area (Å²) in [6, 6.07) is 21.5. The third-order valence-corrected chi connectivity index (χ3v) is 13.2. The van der Waals surface area contributed by atoms with Crippen molar-refractivity contribution in [3.8, 4) is 0 Å². The average Bonchev–Trinajstić information content (AvgIpc) is 3.36. The quantitative estimate of drug-likeness (QED) is 0.412. The first-order valence-electron chi connectivity index (χ1n) is 13.0. The van der Waals surface area contributed by atoms with Gasteiger partial charge in [-0.05, 0) is 51.6 Å². The van der Waals surface area contributed by atoms with Crippen molar-refractivity contribution in [3.63, 3.8) is 0 Å². The van der Waals surface area contributed by atoms with Crippen LogP contribution in [-0.2, 0) is 13.9 Å². The van der Waals surface area contributed by atoms with Crippen LogP contribution >= 0.6 is 0 Å². The molecule has 0 bridgehead atoms. The Bertz CT molecular complexity index is 939. The summed E-state index contributed by atoms with van der Waals surface area (Å²) >= 11 is 0. The Hall–Kier alpha value is -1.76. The Morgan fingerprint density at radius 1 is 0.971 bits per heavy atom. The number of benzene rings is 2. The Kier molecular flexibility index (Phi) is 8.04. The molecule has 0 saturated carbocycles. The molecule has 2 aromatic carbocycles. The zero-order valence-electron chi connectivity index (χ0n) is 22.0. The molecule has 35 heavy (non-hydrogen) atoms. The van der Waals surface area contributed by atoms with E-state index in [9.17, 15) is 5.11 Å². The van der Waals surface area contributed by atoms with Gasteiger partial charge in [-0.25, -0.2) is 0 Å². The lowest BCUT2D eigenvalue weighted by Crippen LogP contribution is -2.66. The predicted octanol–water partition coefficient (Wildman–Crippen LogP) is 5.05. The zero-order valence-corrected chi connectivity index (χ0v) is 23.0. The summed E-state index contributed by atoms with van der Waals surface area (Å²) in [5.74, 6) is 0.335. The molecule has 5 heteroatoms. The topological polar surface area (TPSA) is 47.9 Å². The highest BCUT2D eigenvalue weighted by molar-refractivity contribution is 6.99. The van der Waals surface area contributed by atoms with Gasteiger partial charge in [0.1, 0.15) is 0 Å². The Labute approximate surface area is 212 Å². The van der Waals surface area contributed by atoms with E-state index in [2.05, 4.69) is 101 Å². The smallest absolute Gasteiger partial charge is 0.261 e. The molecule has 0 amide bonds. The average molecular weight is 495 g/mol. The van der Waals surface area contributed by atoms with Crippen LogP contribution in [0.1, 0.15) is 53.9 Å². The molecule has 1 heterocycles. The molecule has 3 atom stereocenters. The second-order valence-electron chi connectivity index (χ2n) is 11.5. The van der Waals surface area contributed by atoms with Gasteiger partial charge >= 0.3 is 0 Å². The normalized spacial score (nSPS) is 26.1. The predicted molar refractivity (Wildman–Crippen MR) is 144 cm³/mol. The molecule has 1 N–H and O–H groups in total. The van der Waals surface area contributed by atoms with Crippen LogP contribution in [-0.4, -0.2) is 45.6 Å². The molecule has 1 saturated heterocycles. The summed E-state index contributed by atoms with van der Waals surface area (Å²) in [7, 11) is -2.66. The molecule has 2 aliphatic rings. The minimum Gasteiger partial charge on any atom is -0.403 e. The highest BCUT2D eigenvalue weighted by Gasteiger charge is 2.51. The van der Waals surface area contributed by atoms with E-state index < -0.39 is 14.4 Å². The maximum absolute atomic E-state index is 10.7. The summed E-state index contributed by atoms with van der Waals surface area (Å²) < 4.78 is 18.7. The van der Waals surface area contributed by atoms with Crippen LogP contribution < -0.4 is 10.4 Å². The summed E-state index contributed by atoms with van der Waals surface area (Å²) in [5.41, 5.74) is 1.12. The van der Waals surface area contributed by atoms with Gasteiger partial charge in [-0.2, -0.15) is 0 Å². The fraction of sp³-hybridized carbons (Fsp3) is 0.533. The van der Waals surface area contributed by atoms with E-state index in [1.54, 1.807) is 0 Å². The second-order valence-corrected chi connectivity index (χ2v) is 15.8. The van der Waals surface area contributed by atoms with Gasteiger partial charge in [0.2, 0.25) is 0 Å². The molecular weight excluding hydrogens is 452 g/mol. The van der Waals surface area contributed by atoms with Gasteiger partial charge in [-0.15, -0.1) is 0 Å². The number of aliphatic hydroxyl groups is 1. The Morgan fingerprint density at radius 3 is 2.03 bits per heavy atom. The van der Waals surface area contributed by atoms with E-state index in [0.29, 0.717) is 25.7 Å². The lowest BCUT2D eigenvalue weighted by atomic mass is 9.64. The van der Waals surface area contributed by atoms with E-state index in [1.807, 2.05) is 0 Å². The van der Waals surface area contributed by atoms with Crippen molar-refractivity contribution in [1.29, 1.82) is 0 Å². The molecule has 0 spiro atoms. The third-order valence-electron chi connectivity index (χ3n) is 8.26. The number of rotatable bonds is 8. The fourth-order valence-electron chi connectivity index (χ4n) is 5.99. The molecule has 1 aliphatic heterocycles. The number of ether oxygens (including phenoxy) is 2. The highest BCUT2D eigenvalue weighted by atomic mass is 28.4. The summed E-state index contributed by atoms with van der Waals surface area (Å²) in [6.07, 6.45) is 4.08. The van der Waals surface area contributed by atoms with Crippen molar-refractivity contribution >= 4 is 18.7 Å². The highest BCUT2D eigenvalue weighted by Crippen LogP contribution is 2.47. The number of hydrogen-bond acceptors (Lipinski definition) is 4. The summed E-state index contributed by atoms with van der Waals surface area (Å²) in [4.78, 5) is 0. The minimum absolute atomic E-state index is 0.0834. The van der Waals surface area contributed by atoms with E-state index in [-0.39, 0.29) is 16.7 Å². The van der Waals surface area contributed by atoms with Crippen molar-refractivity contribution in [3.05, 3.63) is 72.3 Å². The second kappa shape index (κ2) is 10.7. The van der Waals surface area contributed by atoms with E-state index in [0.717, 1.165) is 19.3 Å². The van der Waals surface area contributed by atoms with Gasteiger partial charge < -0.3 is 19.0 Å².